The van der Waals surface area contributed by atoms with Crippen LogP contribution in [0.2, 0.25) is 0 Å². The second kappa shape index (κ2) is 5.75. The number of thioether (sulfide) groups is 1. The first-order valence-electron chi connectivity index (χ1n) is 6.35. The fourth-order valence-corrected chi connectivity index (χ4v) is 2.67. The maximum atomic E-state index is 5.41. The Kier molecular flexibility index (Phi) is 4.29. The lowest BCUT2D eigenvalue weighted by molar-refractivity contribution is 0.145. The van der Waals surface area contributed by atoms with Crippen LogP contribution in [0.25, 0.3) is 0 Å². The van der Waals surface area contributed by atoms with Gasteiger partial charge in [-0.3, -0.25) is 0 Å². The van der Waals surface area contributed by atoms with Crippen molar-refractivity contribution in [1.82, 2.24) is 9.97 Å². The number of hydrazine groups is 1. The number of hydrogen-bond donors (Lipinski definition) is 3. The molecule has 1 aromatic rings. The van der Waals surface area contributed by atoms with Crippen LogP contribution in [-0.4, -0.2) is 22.8 Å². The van der Waals surface area contributed by atoms with E-state index in [4.69, 9.17) is 5.84 Å². The molecule has 0 bridgehead atoms. The summed E-state index contributed by atoms with van der Waals surface area (Å²) in [6.45, 7) is 3.25. The van der Waals surface area contributed by atoms with Gasteiger partial charge in [-0.25, -0.2) is 15.8 Å². The molecular formula is C12H21N5S. The summed E-state index contributed by atoms with van der Waals surface area (Å²) in [5, 5.41) is 4.16. The zero-order valence-electron chi connectivity index (χ0n) is 11.0. The maximum absolute atomic E-state index is 5.41. The van der Waals surface area contributed by atoms with Gasteiger partial charge in [-0.15, -0.1) is 0 Å². The highest BCUT2D eigenvalue weighted by molar-refractivity contribution is 7.98. The molecule has 1 aliphatic carbocycles. The van der Waals surface area contributed by atoms with Crippen molar-refractivity contribution in [3.8, 4) is 0 Å². The first-order chi connectivity index (χ1) is 8.71. The van der Waals surface area contributed by atoms with Crippen molar-refractivity contribution in [2.45, 2.75) is 37.8 Å². The molecule has 0 atom stereocenters. The molecule has 5 nitrogen and oxygen atoms in total. The summed E-state index contributed by atoms with van der Waals surface area (Å²) in [6.07, 6.45) is 7.17. The highest BCUT2D eigenvalue weighted by Gasteiger charge is 2.34. The molecule has 100 valence electrons. The number of nitrogens with two attached hydrogens (primary N) is 1. The summed E-state index contributed by atoms with van der Waals surface area (Å²) in [6, 6.07) is 1.85. The Balaban J connectivity index is 2.04. The van der Waals surface area contributed by atoms with Crippen LogP contribution in [0, 0.1) is 5.41 Å². The molecule has 1 fully saturated rings. The van der Waals surface area contributed by atoms with E-state index in [-0.39, 0.29) is 0 Å². The third-order valence-corrected chi connectivity index (χ3v) is 4.39. The minimum Gasteiger partial charge on any atom is -0.369 e. The van der Waals surface area contributed by atoms with Gasteiger partial charge in [-0.05, 0) is 30.9 Å². The molecule has 0 aliphatic heterocycles. The van der Waals surface area contributed by atoms with E-state index in [2.05, 4.69) is 27.6 Å². The van der Waals surface area contributed by atoms with Gasteiger partial charge < -0.3 is 10.7 Å². The zero-order valence-corrected chi connectivity index (χ0v) is 11.8. The predicted octanol–water partition coefficient (Wildman–Crippen LogP) is 2.48. The maximum Gasteiger partial charge on any atom is 0.191 e. The Hall–Kier alpha value is -1.01. The Morgan fingerprint density at radius 3 is 2.61 bits per heavy atom. The molecule has 0 spiro atoms. The predicted molar refractivity (Wildman–Crippen MR) is 76.7 cm³/mol. The van der Waals surface area contributed by atoms with Crippen LogP contribution in [0.15, 0.2) is 11.2 Å². The van der Waals surface area contributed by atoms with Crippen LogP contribution >= 0.6 is 11.8 Å². The lowest BCUT2D eigenvalue weighted by Crippen LogP contribution is -2.36. The molecule has 6 heteroatoms. The average molecular weight is 267 g/mol. The van der Waals surface area contributed by atoms with E-state index in [9.17, 15) is 0 Å². The summed E-state index contributed by atoms with van der Waals surface area (Å²) >= 11 is 1.51. The molecular weight excluding hydrogens is 246 g/mol. The first kappa shape index (κ1) is 13.4. The van der Waals surface area contributed by atoms with Gasteiger partial charge in [0.1, 0.15) is 11.6 Å². The second-order valence-electron chi connectivity index (χ2n) is 4.83. The summed E-state index contributed by atoms with van der Waals surface area (Å²) in [5.74, 6) is 6.91. The minimum atomic E-state index is 0.473. The Morgan fingerprint density at radius 2 is 2.11 bits per heavy atom. The van der Waals surface area contributed by atoms with Crippen molar-refractivity contribution in [3.63, 3.8) is 0 Å². The van der Waals surface area contributed by atoms with Crippen molar-refractivity contribution in [1.29, 1.82) is 0 Å². The molecule has 0 radical (unpaired) electrons. The second-order valence-corrected chi connectivity index (χ2v) is 5.60. The highest BCUT2D eigenvalue weighted by Crippen LogP contribution is 2.43. The molecule has 18 heavy (non-hydrogen) atoms. The number of anilines is 2. The van der Waals surface area contributed by atoms with Gasteiger partial charge in [0.05, 0.1) is 0 Å². The number of nitrogens with one attached hydrogen (secondary N) is 2. The van der Waals surface area contributed by atoms with Crippen molar-refractivity contribution in [2.24, 2.45) is 11.3 Å². The van der Waals surface area contributed by atoms with Crippen LogP contribution < -0.4 is 16.6 Å². The molecule has 0 amide bonds. The summed E-state index contributed by atoms with van der Waals surface area (Å²) < 4.78 is 0. The fraction of sp³-hybridized carbons (Fsp3) is 0.667. The summed E-state index contributed by atoms with van der Waals surface area (Å²) in [7, 11) is 0. The quantitative estimate of drug-likeness (QED) is 0.318. The normalized spacial score (nSPS) is 17.1. The van der Waals surface area contributed by atoms with E-state index in [1.54, 1.807) is 0 Å². The Labute approximate surface area is 112 Å². The molecule has 0 unspecified atom stereocenters. The topological polar surface area (TPSA) is 75.9 Å². The summed E-state index contributed by atoms with van der Waals surface area (Å²) in [4.78, 5) is 8.69. The third kappa shape index (κ3) is 2.87. The van der Waals surface area contributed by atoms with Crippen LogP contribution in [0.4, 0.5) is 11.6 Å². The number of rotatable bonds is 6. The van der Waals surface area contributed by atoms with Crippen molar-refractivity contribution in [3.05, 3.63) is 6.07 Å². The number of aromatic nitrogens is 2. The van der Waals surface area contributed by atoms with Crippen LogP contribution in [0.3, 0.4) is 0 Å². The van der Waals surface area contributed by atoms with Gasteiger partial charge >= 0.3 is 0 Å². The summed E-state index contributed by atoms with van der Waals surface area (Å²) in [5.41, 5.74) is 3.05. The molecule has 2 rings (SSSR count). The largest absolute Gasteiger partial charge is 0.369 e. The van der Waals surface area contributed by atoms with Crippen molar-refractivity contribution < 1.29 is 0 Å². The van der Waals surface area contributed by atoms with E-state index in [1.165, 1.54) is 37.4 Å². The van der Waals surface area contributed by atoms with Gasteiger partial charge in [0.2, 0.25) is 0 Å². The van der Waals surface area contributed by atoms with E-state index in [1.807, 2.05) is 12.3 Å². The van der Waals surface area contributed by atoms with E-state index >= 15 is 0 Å². The minimum absolute atomic E-state index is 0.473. The van der Waals surface area contributed by atoms with Crippen LogP contribution in [-0.2, 0) is 0 Å². The smallest absolute Gasteiger partial charge is 0.191 e. The molecule has 0 saturated heterocycles. The van der Waals surface area contributed by atoms with E-state index in [0.29, 0.717) is 11.2 Å². The third-order valence-electron chi connectivity index (χ3n) is 3.84. The van der Waals surface area contributed by atoms with E-state index in [0.717, 1.165) is 17.5 Å². The highest BCUT2D eigenvalue weighted by atomic mass is 32.2. The molecule has 1 aliphatic rings. The van der Waals surface area contributed by atoms with Gasteiger partial charge in [-0.2, -0.15) is 0 Å². The van der Waals surface area contributed by atoms with Gasteiger partial charge in [0.15, 0.2) is 5.16 Å². The Morgan fingerprint density at radius 1 is 1.39 bits per heavy atom. The molecule has 1 aromatic heterocycles. The number of hydrogen-bond acceptors (Lipinski definition) is 6. The monoisotopic (exact) mass is 267 g/mol. The Bertz CT molecular complexity index is 378. The lowest BCUT2D eigenvalue weighted by atomic mass is 9.67. The SMILES string of the molecule is CCC1(CNc2cc(NN)nc(SC)n2)CCC1. The first-order valence-corrected chi connectivity index (χ1v) is 7.57. The molecule has 1 saturated carbocycles. The molecule has 0 aromatic carbocycles. The van der Waals surface area contributed by atoms with Crippen LogP contribution in [0.5, 0.6) is 0 Å². The zero-order chi connectivity index (χ0) is 13.0. The average Bonchev–Trinajstić information content (AvgIpc) is 2.37. The van der Waals surface area contributed by atoms with Gasteiger partial charge in [0, 0.05) is 12.6 Å². The fourth-order valence-electron chi connectivity index (χ4n) is 2.29. The van der Waals surface area contributed by atoms with Crippen LogP contribution in [0.1, 0.15) is 32.6 Å². The van der Waals surface area contributed by atoms with Gasteiger partial charge in [0.25, 0.3) is 0 Å². The number of nitrogens with zero attached hydrogens (tertiary/aromatic N) is 2. The molecule has 1 heterocycles. The standard InChI is InChI=1S/C12H21N5S/c1-3-12(5-4-6-12)8-14-9-7-10(17-13)16-11(15-9)18-2/h7H,3-6,8,13H2,1-2H3,(H2,14,15,16,17). The van der Waals surface area contributed by atoms with Crippen molar-refractivity contribution >= 4 is 23.4 Å². The number of nitrogen functional groups attached to an aromatic ring is 1. The van der Waals surface area contributed by atoms with Crippen molar-refractivity contribution in [2.75, 3.05) is 23.5 Å². The van der Waals surface area contributed by atoms with E-state index < -0.39 is 0 Å². The van der Waals surface area contributed by atoms with Gasteiger partial charge in [-0.1, -0.05) is 25.1 Å². The lowest BCUT2D eigenvalue weighted by Gasteiger charge is -2.41. The molecule has 4 N–H and O–H groups in total.